The summed E-state index contributed by atoms with van der Waals surface area (Å²) in [6.45, 7) is 4.02. The van der Waals surface area contributed by atoms with Gasteiger partial charge in [-0.2, -0.15) is 0 Å². The minimum absolute atomic E-state index is 0.0506. The van der Waals surface area contributed by atoms with Crippen molar-refractivity contribution in [2.75, 3.05) is 19.6 Å². The summed E-state index contributed by atoms with van der Waals surface area (Å²) in [4.78, 5) is 30.9. The van der Waals surface area contributed by atoms with Crippen molar-refractivity contribution in [2.45, 2.75) is 38.6 Å². The van der Waals surface area contributed by atoms with Crippen LogP contribution in [0.3, 0.4) is 0 Å². The molecular formula is C36H38N2O2. The molecule has 5 rings (SSSR count). The van der Waals surface area contributed by atoms with Gasteiger partial charge in [-0.25, -0.2) is 0 Å². The zero-order valence-electron chi connectivity index (χ0n) is 23.3. The second-order valence-corrected chi connectivity index (χ2v) is 10.8. The molecule has 4 heteroatoms. The van der Waals surface area contributed by atoms with E-state index in [1.165, 1.54) is 5.56 Å². The Bertz CT molecular complexity index is 1360. The van der Waals surface area contributed by atoms with Crippen molar-refractivity contribution >= 4 is 11.8 Å². The van der Waals surface area contributed by atoms with E-state index >= 15 is 0 Å². The Balaban J connectivity index is 1.24. The number of carbonyl (C=O) groups is 2. The summed E-state index contributed by atoms with van der Waals surface area (Å²) in [6.07, 6.45) is 3.45. The van der Waals surface area contributed by atoms with Crippen molar-refractivity contribution in [2.24, 2.45) is 5.92 Å². The summed E-state index contributed by atoms with van der Waals surface area (Å²) < 4.78 is 0. The Morgan fingerprint density at radius 2 is 1.30 bits per heavy atom. The Morgan fingerprint density at radius 1 is 0.750 bits per heavy atom. The number of rotatable bonds is 9. The maximum atomic E-state index is 13.8. The highest BCUT2D eigenvalue weighted by molar-refractivity contribution is 5.95. The van der Waals surface area contributed by atoms with Crippen LogP contribution in [0.5, 0.6) is 0 Å². The maximum absolute atomic E-state index is 13.8. The molecule has 1 atom stereocenters. The third kappa shape index (κ3) is 6.87. The molecule has 0 spiro atoms. The molecule has 1 saturated heterocycles. The Morgan fingerprint density at radius 3 is 1.93 bits per heavy atom. The van der Waals surface area contributed by atoms with Crippen LogP contribution in [0.4, 0.5) is 0 Å². The van der Waals surface area contributed by atoms with Gasteiger partial charge in [0.1, 0.15) is 0 Å². The zero-order chi connectivity index (χ0) is 27.7. The van der Waals surface area contributed by atoms with E-state index in [-0.39, 0.29) is 17.9 Å². The highest BCUT2D eigenvalue weighted by Gasteiger charge is 2.27. The van der Waals surface area contributed by atoms with Crippen molar-refractivity contribution in [1.82, 2.24) is 9.80 Å². The molecule has 1 aliphatic heterocycles. The van der Waals surface area contributed by atoms with Gasteiger partial charge in [-0.05, 0) is 66.5 Å². The molecule has 0 saturated carbocycles. The normalized spacial score (nSPS) is 14.5. The predicted octanol–water partition coefficient (Wildman–Crippen LogP) is 7.43. The molecule has 4 aromatic carbocycles. The van der Waals surface area contributed by atoms with Gasteiger partial charge in [0, 0.05) is 31.6 Å². The number of benzene rings is 4. The first-order chi connectivity index (χ1) is 19.6. The van der Waals surface area contributed by atoms with Crippen LogP contribution in [-0.2, 0) is 11.2 Å². The van der Waals surface area contributed by atoms with Crippen LogP contribution in [-0.4, -0.2) is 41.2 Å². The second-order valence-electron chi connectivity index (χ2n) is 10.8. The first-order valence-corrected chi connectivity index (χ1v) is 14.4. The van der Waals surface area contributed by atoms with Gasteiger partial charge in [-0.15, -0.1) is 0 Å². The van der Waals surface area contributed by atoms with Crippen LogP contribution >= 0.6 is 0 Å². The molecule has 0 N–H and O–H groups in total. The standard InChI is InChI=1S/C36H38N2O2/c1-28(31-13-7-3-8-14-31)38(36(40)34-19-17-33(18-20-34)32-15-9-4-10-16-32)26-23-35(39)37-24-21-30(22-25-37)27-29-11-5-2-6-12-29/h2-20,28,30H,21-27H2,1H3. The van der Waals surface area contributed by atoms with Crippen molar-refractivity contribution in [3.63, 3.8) is 0 Å². The van der Waals surface area contributed by atoms with Gasteiger partial charge in [-0.3, -0.25) is 9.59 Å². The molecule has 0 radical (unpaired) electrons. The monoisotopic (exact) mass is 530 g/mol. The van der Waals surface area contributed by atoms with Crippen molar-refractivity contribution in [3.8, 4) is 11.1 Å². The van der Waals surface area contributed by atoms with Crippen molar-refractivity contribution < 1.29 is 9.59 Å². The number of hydrogen-bond donors (Lipinski definition) is 0. The molecule has 1 heterocycles. The van der Waals surface area contributed by atoms with Gasteiger partial charge in [-0.1, -0.05) is 103 Å². The van der Waals surface area contributed by atoms with E-state index in [9.17, 15) is 9.59 Å². The molecular weight excluding hydrogens is 492 g/mol. The summed E-state index contributed by atoms with van der Waals surface area (Å²) in [5.41, 5.74) is 5.26. The topological polar surface area (TPSA) is 40.6 Å². The molecule has 0 aromatic heterocycles. The number of nitrogens with zero attached hydrogens (tertiary/aromatic N) is 2. The number of piperidine rings is 1. The van der Waals surface area contributed by atoms with Crippen molar-refractivity contribution in [1.29, 1.82) is 0 Å². The van der Waals surface area contributed by atoms with Gasteiger partial charge < -0.3 is 9.80 Å². The van der Waals surface area contributed by atoms with Gasteiger partial charge in [0.05, 0.1) is 6.04 Å². The van der Waals surface area contributed by atoms with E-state index in [0.29, 0.717) is 24.4 Å². The van der Waals surface area contributed by atoms with Crippen molar-refractivity contribution in [3.05, 3.63) is 132 Å². The van der Waals surface area contributed by atoms with Crippen LogP contribution in [0.1, 0.15) is 53.7 Å². The smallest absolute Gasteiger partial charge is 0.254 e. The Hall–Kier alpha value is -4.18. The van der Waals surface area contributed by atoms with Gasteiger partial charge in [0.25, 0.3) is 5.91 Å². The van der Waals surface area contributed by atoms with E-state index < -0.39 is 0 Å². The number of carbonyl (C=O) groups excluding carboxylic acids is 2. The van der Waals surface area contributed by atoms with E-state index in [1.807, 2.05) is 89.5 Å². The van der Waals surface area contributed by atoms with Crippen LogP contribution in [0.25, 0.3) is 11.1 Å². The van der Waals surface area contributed by atoms with E-state index in [0.717, 1.165) is 49.0 Å². The number of amides is 2. The molecule has 4 nitrogen and oxygen atoms in total. The second kappa shape index (κ2) is 13.3. The molecule has 40 heavy (non-hydrogen) atoms. The molecule has 1 fully saturated rings. The summed E-state index contributed by atoms with van der Waals surface area (Å²) in [7, 11) is 0. The van der Waals surface area contributed by atoms with E-state index in [2.05, 4.69) is 42.5 Å². The first-order valence-electron chi connectivity index (χ1n) is 14.4. The molecule has 0 aliphatic carbocycles. The third-order valence-corrected chi connectivity index (χ3v) is 8.15. The lowest BCUT2D eigenvalue weighted by Gasteiger charge is -2.34. The van der Waals surface area contributed by atoms with E-state index in [1.54, 1.807) is 0 Å². The predicted molar refractivity (Wildman–Crippen MR) is 162 cm³/mol. The molecule has 204 valence electrons. The van der Waals surface area contributed by atoms with Gasteiger partial charge >= 0.3 is 0 Å². The summed E-state index contributed by atoms with van der Waals surface area (Å²) in [5.74, 6) is 0.697. The Kier molecular flexibility index (Phi) is 9.07. The molecule has 1 unspecified atom stereocenters. The minimum atomic E-state index is -0.146. The molecule has 0 bridgehead atoms. The molecule has 4 aromatic rings. The molecule has 1 aliphatic rings. The summed E-state index contributed by atoms with van der Waals surface area (Å²) in [6, 6.07) is 38.5. The average Bonchev–Trinajstić information content (AvgIpc) is 3.02. The Labute approximate surface area is 238 Å². The van der Waals surface area contributed by atoms with E-state index in [4.69, 9.17) is 0 Å². The highest BCUT2D eigenvalue weighted by Crippen LogP contribution is 2.26. The van der Waals surface area contributed by atoms with Crippen LogP contribution < -0.4 is 0 Å². The highest BCUT2D eigenvalue weighted by atomic mass is 16.2. The number of likely N-dealkylation sites (tertiary alicyclic amines) is 1. The fraction of sp³-hybridized carbons (Fsp3) is 0.278. The lowest BCUT2D eigenvalue weighted by molar-refractivity contribution is -0.132. The van der Waals surface area contributed by atoms with Crippen LogP contribution in [0.2, 0.25) is 0 Å². The van der Waals surface area contributed by atoms with Crippen LogP contribution in [0.15, 0.2) is 115 Å². The van der Waals surface area contributed by atoms with Crippen LogP contribution in [0, 0.1) is 5.92 Å². The SMILES string of the molecule is CC(c1ccccc1)N(CCC(=O)N1CCC(Cc2ccccc2)CC1)C(=O)c1ccc(-c2ccccc2)cc1. The fourth-order valence-corrected chi connectivity index (χ4v) is 5.69. The number of hydrogen-bond acceptors (Lipinski definition) is 2. The summed E-state index contributed by atoms with van der Waals surface area (Å²) >= 11 is 0. The minimum Gasteiger partial charge on any atom is -0.343 e. The lowest BCUT2D eigenvalue weighted by atomic mass is 9.90. The zero-order valence-corrected chi connectivity index (χ0v) is 23.3. The summed E-state index contributed by atoms with van der Waals surface area (Å²) in [5, 5.41) is 0. The third-order valence-electron chi connectivity index (χ3n) is 8.15. The van der Waals surface area contributed by atoms with Gasteiger partial charge in [0.15, 0.2) is 0 Å². The maximum Gasteiger partial charge on any atom is 0.254 e. The lowest BCUT2D eigenvalue weighted by Crippen LogP contribution is -2.41. The van der Waals surface area contributed by atoms with Gasteiger partial charge in [0.2, 0.25) is 5.91 Å². The fourth-order valence-electron chi connectivity index (χ4n) is 5.69. The largest absolute Gasteiger partial charge is 0.343 e. The first kappa shape index (κ1) is 27.4. The quantitative estimate of drug-likeness (QED) is 0.226. The molecule has 2 amide bonds. The average molecular weight is 531 g/mol.